The average molecular weight is 263 g/mol. The molecule has 1 heterocycles. The largest absolute Gasteiger partial charge is 0.497 e. The smallest absolute Gasteiger partial charge is 0.119 e. The molecule has 0 atom stereocenters. The molecule has 2 aromatic rings. The molecule has 0 saturated carbocycles. The van der Waals surface area contributed by atoms with Crippen molar-refractivity contribution in [1.29, 1.82) is 0 Å². The summed E-state index contributed by atoms with van der Waals surface area (Å²) < 4.78 is 7.90. The minimum atomic E-state index is 0.339. The highest BCUT2D eigenvalue weighted by Crippen LogP contribution is 2.25. The molecule has 2 nitrogen and oxygen atoms in total. The van der Waals surface area contributed by atoms with Crippen LogP contribution in [0.3, 0.4) is 0 Å². The Bertz CT molecular complexity index is 525. The quantitative estimate of drug-likeness (QED) is 0.821. The molecule has 18 heavy (non-hydrogen) atoms. The summed E-state index contributed by atoms with van der Waals surface area (Å²) in [6.07, 6.45) is 2.16. The number of fused-ring (bicyclic) bond motifs is 1. The molecule has 0 bridgehead atoms. The summed E-state index contributed by atoms with van der Waals surface area (Å²) in [6, 6.07) is 8.40. The van der Waals surface area contributed by atoms with Gasteiger partial charge in [-0.3, -0.25) is 0 Å². The van der Waals surface area contributed by atoms with Gasteiger partial charge in [0.25, 0.3) is 0 Å². The van der Waals surface area contributed by atoms with Crippen LogP contribution in [0, 0.1) is 0 Å². The normalized spacial score (nSPS) is 12.0. The van der Waals surface area contributed by atoms with Gasteiger partial charge in [0.05, 0.1) is 7.11 Å². The van der Waals surface area contributed by atoms with E-state index in [0.717, 1.165) is 18.0 Å². The molecule has 0 N–H and O–H groups in total. The molecule has 0 aliphatic heterocycles. The predicted octanol–water partition coefficient (Wildman–Crippen LogP) is 4.18. The van der Waals surface area contributed by atoms with E-state index in [0.29, 0.717) is 4.75 Å². The molecule has 3 heteroatoms. The number of rotatable bonds is 4. The molecule has 0 aliphatic carbocycles. The summed E-state index contributed by atoms with van der Waals surface area (Å²) in [4.78, 5) is 0. The van der Waals surface area contributed by atoms with Crippen LogP contribution in [0.25, 0.3) is 10.9 Å². The Balaban J connectivity index is 2.10. The fourth-order valence-corrected chi connectivity index (χ4v) is 2.85. The molecule has 98 valence electrons. The number of nitrogens with zero attached hydrogens (tertiary/aromatic N) is 1. The molecule has 0 spiro atoms. The van der Waals surface area contributed by atoms with Crippen molar-refractivity contribution >= 4 is 22.7 Å². The minimum Gasteiger partial charge on any atom is -0.497 e. The second kappa shape index (κ2) is 5.27. The summed E-state index contributed by atoms with van der Waals surface area (Å²) in [6.45, 7) is 7.83. The zero-order valence-corrected chi connectivity index (χ0v) is 12.4. The van der Waals surface area contributed by atoms with Crippen molar-refractivity contribution in [2.75, 3.05) is 12.9 Å². The van der Waals surface area contributed by atoms with Crippen molar-refractivity contribution < 1.29 is 4.74 Å². The summed E-state index contributed by atoms with van der Waals surface area (Å²) in [5.74, 6) is 2.06. The lowest BCUT2D eigenvalue weighted by atomic mass is 10.2. The topological polar surface area (TPSA) is 14.2 Å². The molecule has 0 aliphatic rings. The summed E-state index contributed by atoms with van der Waals surface area (Å²) >= 11 is 2.00. The van der Waals surface area contributed by atoms with E-state index in [4.69, 9.17) is 4.74 Å². The Morgan fingerprint density at radius 2 is 2.00 bits per heavy atom. The van der Waals surface area contributed by atoms with E-state index >= 15 is 0 Å². The highest BCUT2D eigenvalue weighted by molar-refractivity contribution is 8.00. The van der Waals surface area contributed by atoms with Gasteiger partial charge in [0.2, 0.25) is 0 Å². The molecule has 0 fully saturated rings. The van der Waals surface area contributed by atoms with E-state index in [1.807, 2.05) is 17.8 Å². The maximum Gasteiger partial charge on any atom is 0.119 e. The van der Waals surface area contributed by atoms with Crippen LogP contribution >= 0.6 is 11.8 Å². The third-order valence-corrected chi connectivity index (χ3v) is 4.10. The Kier molecular flexibility index (Phi) is 3.91. The number of hydrogen-bond donors (Lipinski definition) is 0. The first kappa shape index (κ1) is 13.3. The van der Waals surface area contributed by atoms with Crippen molar-refractivity contribution in [2.24, 2.45) is 0 Å². The van der Waals surface area contributed by atoms with E-state index in [-0.39, 0.29) is 0 Å². The lowest BCUT2D eigenvalue weighted by Gasteiger charge is -2.17. The zero-order valence-electron chi connectivity index (χ0n) is 11.6. The summed E-state index contributed by atoms with van der Waals surface area (Å²) in [7, 11) is 1.71. The van der Waals surface area contributed by atoms with Gasteiger partial charge in [0.15, 0.2) is 0 Å². The molecule has 0 radical (unpaired) electrons. The molecule has 1 aromatic heterocycles. The fourth-order valence-electron chi connectivity index (χ4n) is 1.95. The number of aryl methyl sites for hydroxylation is 1. The summed E-state index contributed by atoms with van der Waals surface area (Å²) in [5, 5.41) is 1.25. The number of aromatic nitrogens is 1. The lowest BCUT2D eigenvalue weighted by Crippen LogP contribution is -2.10. The first-order valence-electron chi connectivity index (χ1n) is 6.26. The second-order valence-corrected chi connectivity index (χ2v) is 7.32. The van der Waals surface area contributed by atoms with E-state index in [1.54, 1.807) is 7.11 Å². The highest BCUT2D eigenvalue weighted by atomic mass is 32.2. The maximum atomic E-state index is 5.24. The minimum absolute atomic E-state index is 0.339. The Labute approximate surface area is 113 Å². The van der Waals surface area contributed by atoms with Gasteiger partial charge in [-0.25, -0.2) is 0 Å². The molecule has 0 amide bonds. The predicted molar refractivity (Wildman–Crippen MR) is 80.7 cm³/mol. The standard InChI is InChI=1S/C15H21NOS/c1-15(2,3)18-10-9-16-8-7-12-11-13(17-4)5-6-14(12)16/h5-8,11H,9-10H2,1-4H3. The maximum absolute atomic E-state index is 5.24. The third kappa shape index (κ3) is 3.22. The van der Waals surface area contributed by atoms with E-state index < -0.39 is 0 Å². The van der Waals surface area contributed by atoms with Crippen LogP contribution in [0.2, 0.25) is 0 Å². The van der Waals surface area contributed by atoms with Gasteiger partial charge in [0, 0.05) is 34.1 Å². The van der Waals surface area contributed by atoms with Crippen LogP contribution in [0.4, 0.5) is 0 Å². The number of hydrogen-bond acceptors (Lipinski definition) is 2. The fraction of sp³-hybridized carbons (Fsp3) is 0.467. The molecule has 2 rings (SSSR count). The Hall–Kier alpha value is -1.09. The van der Waals surface area contributed by atoms with Crippen molar-refractivity contribution in [3.63, 3.8) is 0 Å². The van der Waals surface area contributed by atoms with E-state index in [1.165, 1.54) is 10.9 Å². The van der Waals surface area contributed by atoms with Gasteiger partial charge < -0.3 is 9.30 Å². The van der Waals surface area contributed by atoms with Crippen LogP contribution in [-0.4, -0.2) is 22.2 Å². The van der Waals surface area contributed by atoms with Crippen LogP contribution < -0.4 is 4.74 Å². The lowest BCUT2D eigenvalue weighted by molar-refractivity contribution is 0.415. The average Bonchev–Trinajstić information content (AvgIpc) is 2.70. The number of ether oxygens (including phenoxy) is 1. The van der Waals surface area contributed by atoms with Gasteiger partial charge in [-0.1, -0.05) is 20.8 Å². The number of benzene rings is 1. The molecular formula is C15H21NOS. The van der Waals surface area contributed by atoms with Crippen LogP contribution in [-0.2, 0) is 6.54 Å². The van der Waals surface area contributed by atoms with Crippen LogP contribution in [0.5, 0.6) is 5.75 Å². The second-order valence-electron chi connectivity index (χ2n) is 5.39. The molecule has 0 saturated heterocycles. The van der Waals surface area contributed by atoms with Gasteiger partial charge >= 0.3 is 0 Å². The number of thioether (sulfide) groups is 1. The van der Waals surface area contributed by atoms with Crippen molar-refractivity contribution in [3.8, 4) is 5.75 Å². The van der Waals surface area contributed by atoms with E-state index in [2.05, 4.69) is 49.7 Å². The molecule has 0 unspecified atom stereocenters. The SMILES string of the molecule is COc1ccc2c(ccn2CCSC(C)(C)C)c1. The number of methoxy groups -OCH3 is 1. The van der Waals surface area contributed by atoms with Gasteiger partial charge in [-0.05, 0) is 24.3 Å². The van der Waals surface area contributed by atoms with Gasteiger partial charge in [-0.15, -0.1) is 0 Å². The Morgan fingerprint density at radius 1 is 1.22 bits per heavy atom. The first-order valence-corrected chi connectivity index (χ1v) is 7.25. The highest BCUT2D eigenvalue weighted by Gasteiger charge is 2.10. The van der Waals surface area contributed by atoms with Crippen molar-refractivity contribution in [1.82, 2.24) is 4.57 Å². The van der Waals surface area contributed by atoms with E-state index in [9.17, 15) is 0 Å². The molecule has 1 aromatic carbocycles. The first-order chi connectivity index (χ1) is 8.49. The van der Waals surface area contributed by atoms with Crippen LogP contribution in [0.15, 0.2) is 30.5 Å². The monoisotopic (exact) mass is 263 g/mol. The zero-order chi connectivity index (χ0) is 13.2. The van der Waals surface area contributed by atoms with Gasteiger partial charge in [0.1, 0.15) is 5.75 Å². The third-order valence-electron chi connectivity index (χ3n) is 2.85. The van der Waals surface area contributed by atoms with Crippen LogP contribution in [0.1, 0.15) is 20.8 Å². The van der Waals surface area contributed by atoms with Crippen molar-refractivity contribution in [3.05, 3.63) is 30.5 Å². The van der Waals surface area contributed by atoms with Crippen molar-refractivity contribution in [2.45, 2.75) is 32.1 Å². The molecular weight excluding hydrogens is 242 g/mol. The Morgan fingerprint density at radius 3 is 2.67 bits per heavy atom. The van der Waals surface area contributed by atoms with Gasteiger partial charge in [-0.2, -0.15) is 11.8 Å². The summed E-state index contributed by atoms with van der Waals surface area (Å²) in [5.41, 5.74) is 1.28.